The number of aryl methyl sites for hydroxylation is 2. The second kappa shape index (κ2) is 17.5. The third kappa shape index (κ3) is 7.85. The van der Waals surface area contributed by atoms with Crippen LogP contribution in [0.1, 0.15) is 92.0 Å². The van der Waals surface area contributed by atoms with Gasteiger partial charge in [-0.3, -0.25) is 4.79 Å². The molecule has 4 aromatic carbocycles. The van der Waals surface area contributed by atoms with E-state index in [-0.39, 0.29) is 17.9 Å². The van der Waals surface area contributed by atoms with Crippen LogP contribution in [0.25, 0.3) is 44.4 Å². The van der Waals surface area contributed by atoms with E-state index in [9.17, 15) is 24.7 Å². The molecule has 10 rings (SSSR count). The maximum atomic E-state index is 14.0. The number of aromatic amines is 2. The van der Waals surface area contributed by atoms with Crippen molar-refractivity contribution in [3.05, 3.63) is 120 Å². The first-order valence-electron chi connectivity index (χ1n) is 22.8. The minimum Gasteiger partial charge on any atom is -0.494 e. The zero-order valence-corrected chi connectivity index (χ0v) is 36.7. The highest BCUT2D eigenvalue weighted by molar-refractivity contribution is 5.91. The molecule has 336 valence electrons. The number of quaternary nitrogens is 1. The number of aromatic nitrogens is 4. The summed E-state index contributed by atoms with van der Waals surface area (Å²) in [6.45, 7) is 3.89. The van der Waals surface area contributed by atoms with E-state index < -0.39 is 35.1 Å². The van der Waals surface area contributed by atoms with Crippen LogP contribution in [0.15, 0.2) is 91.1 Å². The average Bonchev–Trinajstić information content (AvgIpc) is 4.19. The van der Waals surface area contributed by atoms with Gasteiger partial charge in [0.1, 0.15) is 29.8 Å². The molecule has 1 aliphatic carbocycles. The molecule has 4 N–H and O–H groups in total. The quantitative estimate of drug-likeness (QED) is 0.0607. The van der Waals surface area contributed by atoms with E-state index in [0.717, 1.165) is 82.2 Å². The van der Waals surface area contributed by atoms with Crippen molar-refractivity contribution in [2.45, 2.75) is 82.5 Å². The van der Waals surface area contributed by atoms with E-state index in [0.29, 0.717) is 62.8 Å². The molecule has 0 radical (unpaired) electrons. The SMILES string of the molecule is COC(=O)NC(C(=O)N1CCCC1c1ncc(-c2ccc3cc(-c4ccc5c(c4)CCc4[nH]c(C6CCCN6[N+](O)(C(=O)[O-])C(C)C6CCOCC6)nc4-5)ccc3c2)[nH]1)c1ccccc1. The van der Waals surface area contributed by atoms with Crippen LogP contribution in [0.5, 0.6) is 0 Å². The van der Waals surface area contributed by atoms with Gasteiger partial charge in [0.05, 0.1) is 37.3 Å². The molecule has 3 saturated heterocycles. The number of nitrogens with one attached hydrogen (secondary N) is 3. The Bertz CT molecular complexity index is 2750. The average molecular weight is 879 g/mol. The number of carbonyl (C=O) groups excluding carboxylic acids is 3. The van der Waals surface area contributed by atoms with Crippen molar-refractivity contribution >= 4 is 28.9 Å². The molecule has 6 aromatic rings. The third-order valence-corrected chi connectivity index (χ3v) is 14.3. The molecule has 3 fully saturated rings. The van der Waals surface area contributed by atoms with Gasteiger partial charge < -0.3 is 39.6 Å². The van der Waals surface area contributed by atoms with Crippen molar-refractivity contribution in [2.24, 2.45) is 5.92 Å². The molecule has 0 saturated carbocycles. The Morgan fingerprint density at radius 2 is 1.57 bits per heavy atom. The number of rotatable bonds is 10. The van der Waals surface area contributed by atoms with E-state index in [4.69, 9.17) is 19.4 Å². The van der Waals surface area contributed by atoms with Gasteiger partial charge in [-0.1, -0.05) is 77.6 Å². The van der Waals surface area contributed by atoms with Gasteiger partial charge in [0.25, 0.3) is 5.91 Å². The number of ether oxygens (including phenoxy) is 2. The lowest BCUT2D eigenvalue weighted by Crippen LogP contribution is -2.70. The molecule has 5 atom stereocenters. The highest BCUT2D eigenvalue weighted by Gasteiger charge is 2.52. The van der Waals surface area contributed by atoms with Gasteiger partial charge in [0.2, 0.25) is 0 Å². The predicted molar refractivity (Wildman–Crippen MR) is 239 cm³/mol. The minimum absolute atomic E-state index is 0.00954. The Kier molecular flexibility index (Phi) is 11.5. The molecule has 3 aliphatic heterocycles. The summed E-state index contributed by atoms with van der Waals surface area (Å²) in [5.74, 6) is 1.16. The topological polar surface area (TPSA) is 189 Å². The number of H-pyrrole nitrogens is 2. The van der Waals surface area contributed by atoms with E-state index in [1.165, 1.54) is 12.7 Å². The fraction of sp³-hybridized carbons (Fsp3) is 0.380. The van der Waals surface area contributed by atoms with Gasteiger partial charge in [-0.15, -0.1) is 5.01 Å². The number of fused-ring (bicyclic) bond motifs is 4. The first kappa shape index (κ1) is 42.6. The number of benzene rings is 4. The molecule has 0 spiro atoms. The summed E-state index contributed by atoms with van der Waals surface area (Å²) in [6, 6.07) is 26.4. The van der Waals surface area contributed by atoms with Gasteiger partial charge in [-0.2, -0.15) is 5.21 Å². The summed E-state index contributed by atoms with van der Waals surface area (Å²) in [4.78, 5) is 57.7. The zero-order valence-electron chi connectivity index (χ0n) is 36.7. The van der Waals surface area contributed by atoms with E-state index >= 15 is 0 Å². The maximum absolute atomic E-state index is 14.0. The maximum Gasteiger partial charge on any atom is 0.407 e. The zero-order chi connectivity index (χ0) is 44.8. The van der Waals surface area contributed by atoms with Crippen LogP contribution < -0.4 is 10.4 Å². The smallest absolute Gasteiger partial charge is 0.407 e. The first-order chi connectivity index (χ1) is 31.6. The number of hydrogen-bond donors (Lipinski definition) is 4. The van der Waals surface area contributed by atoms with Crippen molar-refractivity contribution < 1.29 is 38.9 Å². The van der Waals surface area contributed by atoms with Gasteiger partial charge in [-0.05, 0) is 103 Å². The number of imidazole rings is 2. The van der Waals surface area contributed by atoms with Crippen LogP contribution in [0.3, 0.4) is 0 Å². The number of nitrogens with zero attached hydrogens (tertiary/aromatic N) is 5. The second-order valence-electron chi connectivity index (χ2n) is 17.9. The molecule has 4 aliphatic rings. The Balaban J connectivity index is 0.853. The highest BCUT2D eigenvalue weighted by atomic mass is 16.7. The molecule has 15 heteroatoms. The standard InChI is InChI=1S/C50H54N8O7/c1-30(31-20-24-65-25-21-31)58(63,50(61)62)57-23-7-11-43(57)47-52-40-19-17-37-27-36(16-18-39(37)45(40)54-47)33-12-13-35-28-38(15-14-34(35)26-33)41-29-51-46(53-41)42-10-6-22-56(42)48(59)44(55-49(60)64-2)32-8-4-3-5-9-32/h3-5,8-9,12-16,18,26-31,42-44,63H,6-7,10-11,17,19-25H2,1-2H3,(H3-,51,52,53,54,55,60,61,62). The molecule has 5 heterocycles. The fourth-order valence-corrected chi connectivity index (χ4v) is 10.7. The van der Waals surface area contributed by atoms with Crippen molar-refractivity contribution in [1.29, 1.82) is 0 Å². The summed E-state index contributed by atoms with van der Waals surface area (Å²) < 4.78 is 9.12. The van der Waals surface area contributed by atoms with E-state index in [2.05, 4.69) is 69.9 Å². The first-order valence-corrected chi connectivity index (χ1v) is 22.8. The largest absolute Gasteiger partial charge is 0.494 e. The number of alkyl carbamates (subject to hydrolysis) is 1. The molecule has 3 amide bonds. The van der Waals surface area contributed by atoms with Crippen molar-refractivity contribution in [3.8, 4) is 33.6 Å². The van der Waals surface area contributed by atoms with Crippen molar-refractivity contribution in [2.75, 3.05) is 33.4 Å². The monoisotopic (exact) mass is 878 g/mol. The lowest BCUT2D eigenvalue weighted by molar-refractivity contribution is -1.16. The summed E-state index contributed by atoms with van der Waals surface area (Å²) in [5.41, 5.74) is 8.90. The van der Waals surface area contributed by atoms with E-state index in [1.807, 2.05) is 36.5 Å². The molecular weight excluding hydrogens is 825 g/mol. The van der Waals surface area contributed by atoms with Crippen molar-refractivity contribution in [1.82, 2.24) is 35.2 Å². The summed E-state index contributed by atoms with van der Waals surface area (Å²) >= 11 is 0. The van der Waals surface area contributed by atoms with Crippen molar-refractivity contribution in [3.63, 3.8) is 0 Å². The van der Waals surface area contributed by atoms with Crippen LogP contribution in [-0.4, -0.2) is 97.4 Å². The van der Waals surface area contributed by atoms with Gasteiger partial charge in [-0.25, -0.2) is 14.8 Å². The number of carboxylic acid groups (broad SMARTS) is 1. The summed E-state index contributed by atoms with van der Waals surface area (Å²) in [7, 11) is 1.28. The third-order valence-electron chi connectivity index (χ3n) is 14.3. The molecule has 15 nitrogen and oxygen atoms in total. The summed E-state index contributed by atoms with van der Waals surface area (Å²) in [6.07, 6.45) is 5.60. The molecule has 2 aromatic heterocycles. The lowest BCUT2D eigenvalue weighted by Gasteiger charge is -2.45. The van der Waals surface area contributed by atoms with Gasteiger partial charge in [0.15, 0.2) is 0 Å². The molecule has 0 bridgehead atoms. The Hall–Kier alpha value is -6.39. The second-order valence-corrected chi connectivity index (χ2v) is 17.9. The van der Waals surface area contributed by atoms with E-state index in [1.54, 1.807) is 16.8 Å². The fourth-order valence-electron chi connectivity index (χ4n) is 10.7. The van der Waals surface area contributed by atoms with Gasteiger partial charge >= 0.3 is 12.2 Å². The molecule has 5 unspecified atom stereocenters. The number of hydrogen-bond acceptors (Lipinski definition) is 10. The van der Waals surface area contributed by atoms with Crippen LogP contribution in [0.4, 0.5) is 9.59 Å². The lowest BCUT2D eigenvalue weighted by atomic mass is 9.89. The number of likely N-dealkylation sites (tertiary alicyclic amines) is 1. The summed E-state index contributed by atoms with van der Waals surface area (Å²) in [5, 5.41) is 31.2. The van der Waals surface area contributed by atoms with Crippen LogP contribution in [-0.2, 0) is 27.1 Å². The van der Waals surface area contributed by atoms with Crippen LogP contribution in [0.2, 0.25) is 0 Å². The Morgan fingerprint density at radius 1 is 0.862 bits per heavy atom. The predicted octanol–water partition coefficient (Wildman–Crippen LogP) is 7.56. The van der Waals surface area contributed by atoms with Crippen LogP contribution in [0, 0.1) is 5.92 Å². The Morgan fingerprint density at radius 3 is 2.34 bits per heavy atom. The molecule has 65 heavy (non-hydrogen) atoms. The Labute approximate surface area is 376 Å². The highest BCUT2D eigenvalue weighted by Crippen LogP contribution is 2.42. The normalized spacial score (nSPS) is 20.8. The number of hydroxylamine groups is 2. The molecular formula is C50H54N8O7. The number of methoxy groups -OCH3 is 1. The number of amides is 3. The number of carbonyl (C=O) groups is 3. The van der Waals surface area contributed by atoms with Crippen LogP contribution >= 0.6 is 0 Å². The minimum atomic E-state index is -1.51. The van der Waals surface area contributed by atoms with Gasteiger partial charge in [0, 0.05) is 42.5 Å².